The molecule has 0 aromatic carbocycles. The number of rotatable bonds is 3. The van der Waals surface area contributed by atoms with Crippen LogP contribution in [0, 0.1) is 5.92 Å². The number of carbonyl (C=O) groups is 2. The van der Waals surface area contributed by atoms with E-state index in [-0.39, 0.29) is 17.7 Å². The van der Waals surface area contributed by atoms with Crippen LogP contribution in [0.25, 0.3) is 0 Å². The highest BCUT2D eigenvalue weighted by atomic mass is 16.2. The van der Waals surface area contributed by atoms with Gasteiger partial charge in [0, 0.05) is 26.2 Å². The van der Waals surface area contributed by atoms with E-state index in [1.807, 2.05) is 18.2 Å². The van der Waals surface area contributed by atoms with E-state index >= 15 is 0 Å². The Morgan fingerprint density at radius 2 is 2.39 bits per heavy atom. The molecule has 2 heterocycles. The van der Waals surface area contributed by atoms with Gasteiger partial charge in [-0.05, 0) is 18.6 Å². The van der Waals surface area contributed by atoms with E-state index in [1.54, 1.807) is 18.1 Å². The van der Waals surface area contributed by atoms with E-state index in [0.717, 1.165) is 5.69 Å². The van der Waals surface area contributed by atoms with Crippen molar-refractivity contribution in [1.82, 2.24) is 15.2 Å². The van der Waals surface area contributed by atoms with Gasteiger partial charge in [-0.1, -0.05) is 6.07 Å². The third kappa shape index (κ3) is 3.06. The number of hydrogen-bond acceptors (Lipinski definition) is 3. The van der Waals surface area contributed by atoms with Crippen LogP contribution in [-0.4, -0.2) is 35.3 Å². The maximum Gasteiger partial charge on any atom is 0.227 e. The van der Waals surface area contributed by atoms with Crippen molar-refractivity contribution in [1.29, 1.82) is 0 Å². The second kappa shape index (κ2) is 5.62. The van der Waals surface area contributed by atoms with Crippen LogP contribution in [0.15, 0.2) is 24.4 Å². The lowest BCUT2D eigenvalue weighted by molar-refractivity contribution is -0.136. The molecule has 0 spiro atoms. The number of nitrogens with one attached hydrogen (secondary N) is 1. The van der Waals surface area contributed by atoms with Crippen molar-refractivity contribution in [3.8, 4) is 0 Å². The average Bonchev–Trinajstić information content (AvgIpc) is 2.40. The molecule has 96 valence electrons. The number of pyridine rings is 1. The first-order valence-corrected chi connectivity index (χ1v) is 6.08. The highest BCUT2D eigenvalue weighted by molar-refractivity contribution is 5.83. The van der Waals surface area contributed by atoms with Crippen LogP contribution in [0.4, 0.5) is 0 Å². The van der Waals surface area contributed by atoms with Gasteiger partial charge in [-0.2, -0.15) is 0 Å². The molecule has 1 aromatic heterocycles. The lowest BCUT2D eigenvalue weighted by atomic mass is 9.98. The Kier molecular flexibility index (Phi) is 3.92. The molecule has 5 heteroatoms. The van der Waals surface area contributed by atoms with Crippen LogP contribution in [0.2, 0.25) is 0 Å². The molecule has 1 saturated heterocycles. The summed E-state index contributed by atoms with van der Waals surface area (Å²) in [5, 5.41) is 2.73. The summed E-state index contributed by atoms with van der Waals surface area (Å²) in [4.78, 5) is 29.1. The fourth-order valence-electron chi connectivity index (χ4n) is 2.07. The van der Waals surface area contributed by atoms with Crippen molar-refractivity contribution in [2.24, 2.45) is 5.92 Å². The zero-order chi connectivity index (χ0) is 13.0. The first kappa shape index (κ1) is 12.5. The smallest absolute Gasteiger partial charge is 0.227 e. The number of aromatic nitrogens is 1. The lowest BCUT2D eigenvalue weighted by Crippen LogP contribution is -2.43. The molecule has 1 aliphatic heterocycles. The first-order chi connectivity index (χ1) is 8.66. The van der Waals surface area contributed by atoms with Gasteiger partial charge in [0.15, 0.2) is 0 Å². The highest BCUT2D eigenvalue weighted by Gasteiger charge is 2.26. The average molecular weight is 247 g/mol. The highest BCUT2D eigenvalue weighted by Crippen LogP contribution is 2.14. The van der Waals surface area contributed by atoms with Gasteiger partial charge in [-0.25, -0.2) is 0 Å². The van der Waals surface area contributed by atoms with Crippen LogP contribution in [-0.2, 0) is 16.1 Å². The van der Waals surface area contributed by atoms with Crippen molar-refractivity contribution in [3.63, 3.8) is 0 Å². The molecule has 1 unspecified atom stereocenters. The van der Waals surface area contributed by atoms with Gasteiger partial charge >= 0.3 is 0 Å². The van der Waals surface area contributed by atoms with Crippen molar-refractivity contribution in [3.05, 3.63) is 30.1 Å². The Bertz CT molecular complexity index is 423. The lowest BCUT2D eigenvalue weighted by Gasteiger charge is -2.26. The van der Waals surface area contributed by atoms with Gasteiger partial charge in [0.25, 0.3) is 0 Å². The van der Waals surface area contributed by atoms with Crippen molar-refractivity contribution in [2.45, 2.75) is 19.4 Å². The summed E-state index contributed by atoms with van der Waals surface area (Å²) < 4.78 is 0. The quantitative estimate of drug-likeness (QED) is 0.849. The summed E-state index contributed by atoms with van der Waals surface area (Å²) in [5.41, 5.74) is 0.869. The molecule has 2 rings (SSSR count). The van der Waals surface area contributed by atoms with Gasteiger partial charge in [-0.3, -0.25) is 14.6 Å². The van der Waals surface area contributed by atoms with Crippen LogP contribution in [0.3, 0.4) is 0 Å². The molecule has 0 aliphatic carbocycles. The van der Waals surface area contributed by atoms with Crippen LogP contribution < -0.4 is 5.32 Å². The number of piperidine rings is 1. The van der Waals surface area contributed by atoms with Gasteiger partial charge in [-0.15, -0.1) is 0 Å². The molecule has 1 aliphatic rings. The summed E-state index contributed by atoms with van der Waals surface area (Å²) >= 11 is 0. The van der Waals surface area contributed by atoms with Crippen molar-refractivity contribution >= 4 is 11.8 Å². The first-order valence-electron chi connectivity index (χ1n) is 6.08. The molecule has 1 atom stereocenters. The minimum Gasteiger partial charge on any atom is -0.355 e. The predicted molar refractivity (Wildman–Crippen MR) is 66.4 cm³/mol. The molecule has 1 N–H and O–H groups in total. The SMILES string of the molecule is CN(Cc1ccccn1)C(=O)C1CCC(=O)NC1. The van der Waals surface area contributed by atoms with Gasteiger partial charge < -0.3 is 10.2 Å². The molecular weight excluding hydrogens is 230 g/mol. The Morgan fingerprint density at radius 1 is 1.56 bits per heavy atom. The minimum atomic E-state index is -0.101. The van der Waals surface area contributed by atoms with Crippen molar-refractivity contribution in [2.75, 3.05) is 13.6 Å². The summed E-state index contributed by atoms with van der Waals surface area (Å²) in [6.45, 7) is 0.953. The monoisotopic (exact) mass is 247 g/mol. The molecule has 0 saturated carbocycles. The van der Waals surface area contributed by atoms with Gasteiger partial charge in [0.1, 0.15) is 0 Å². The number of amides is 2. The number of nitrogens with zero attached hydrogens (tertiary/aromatic N) is 2. The minimum absolute atomic E-state index is 0.0337. The molecule has 2 amide bonds. The summed E-state index contributed by atoms with van der Waals surface area (Å²) in [7, 11) is 1.77. The van der Waals surface area contributed by atoms with E-state index < -0.39 is 0 Å². The molecule has 18 heavy (non-hydrogen) atoms. The number of carbonyl (C=O) groups excluding carboxylic acids is 2. The maximum absolute atomic E-state index is 12.2. The zero-order valence-electron chi connectivity index (χ0n) is 10.4. The molecule has 0 bridgehead atoms. The molecule has 1 aromatic rings. The second-order valence-electron chi connectivity index (χ2n) is 4.56. The zero-order valence-corrected chi connectivity index (χ0v) is 10.4. The van der Waals surface area contributed by atoms with Gasteiger partial charge in [0.2, 0.25) is 11.8 Å². The largest absolute Gasteiger partial charge is 0.355 e. The summed E-state index contributed by atoms with van der Waals surface area (Å²) in [6.07, 6.45) is 2.79. The topological polar surface area (TPSA) is 62.3 Å². The normalized spacial score (nSPS) is 19.2. The Balaban J connectivity index is 1.91. The van der Waals surface area contributed by atoms with E-state index in [4.69, 9.17) is 0 Å². The second-order valence-corrected chi connectivity index (χ2v) is 4.56. The summed E-state index contributed by atoms with van der Waals surface area (Å²) in [6, 6.07) is 5.65. The van der Waals surface area contributed by atoms with E-state index in [2.05, 4.69) is 10.3 Å². The van der Waals surface area contributed by atoms with E-state index in [9.17, 15) is 9.59 Å². The Morgan fingerprint density at radius 3 is 3.00 bits per heavy atom. The predicted octanol–water partition coefficient (Wildman–Crippen LogP) is 0.566. The van der Waals surface area contributed by atoms with E-state index in [0.29, 0.717) is 25.9 Å². The van der Waals surface area contributed by atoms with Crippen LogP contribution >= 0.6 is 0 Å². The standard InChI is InChI=1S/C13H17N3O2/c1-16(9-11-4-2-3-7-14-11)13(18)10-5-6-12(17)15-8-10/h2-4,7,10H,5-6,8-9H2,1H3,(H,15,17). The fourth-order valence-corrected chi connectivity index (χ4v) is 2.07. The maximum atomic E-state index is 12.2. The third-order valence-corrected chi connectivity index (χ3v) is 3.12. The Labute approximate surface area is 106 Å². The van der Waals surface area contributed by atoms with Crippen LogP contribution in [0.1, 0.15) is 18.5 Å². The summed E-state index contributed by atoms with van der Waals surface area (Å²) in [5.74, 6) is 0.00324. The van der Waals surface area contributed by atoms with Crippen LogP contribution in [0.5, 0.6) is 0 Å². The molecular formula is C13H17N3O2. The molecule has 5 nitrogen and oxygen atoms in total. The number of hydrogen-bond donors (Lipinski definition) is 1. The van der Waals surface area contributed by atoms with E-state index in [1.165, 1.54) is 0 Å². The van der Waals surface area contributed by atoms with Crippen molar-refractivity contribution < 1.29 is 9.59 Å². The molecule has 0 radical (unpaired) electrons. The third-order valence-electron chi connectivity index (χ3n) is 3.12. The van der Waals surface area contributed by atoms with Gasteiger partial charge in [0.05, 0.1) is 18.2 Å². The fraction of sp³-hybridized carbons (Fsp3) is 0.462. The molecule has 1 fully saturated rings. The Hall–Kier alpha value is -1.91.